The molecular weight excluding hydrogens is 210 g/mol. The van der Waals surface area contributed by atoms with Gasteiger partial charge in [0.1, 0.15) is 0 Å². The van der Waals surface area contributed by atoms with Crippen LogP contribution in [0.1, 0.15) is 38.5 Å². The molecule has 6 nitrogen and oxygen atoms in total. The summed E-state index contributed by atoms with van der Waals surface area (Å²) >= 11 is 0. The molecule has 0 aliphatic heterocycles. The van der Waals surface area contributed by atoms with Crippen LogP contribution in [0.3, 0.4) is 0 Å². The second kappa shape index (κ2) is 4.55. The van der Waals surface area contributed by atoms with Gasteiger partial charge in [0.05, 0.1) is 0 Å². The van der Waals surface area contributed by atoms with Crippen molar-refractivity contribution in [1.82, 2.24) is 6.15 Å². The zero-order valence-corrected chi connectivity index (χ0v) is 9.47. The fourth-order valence-corrected chi connectivity index (χ4v) is 4.18. The molecule has 4 saturated carbocycles. The highest BCUT2D eigenvalue weighted by molar-refractivity contribution is 5.04. The zero-order chi connectivity index (χ0) is 11.1. The van der Waals surface area contributed by atoms with Crippen LogP contribution in [0, 0.1) is 27.9 Å². The van der Waals surface area contributed by atoms with E-state index in [1.54, 1.807) is 0 Å². The third kappa shape index (κ3) is 2.82. The molecule has 0 spiro atoms. The van der Waals surface area contributed by atoms with Crippen LogP contribution in [0.4, 0.5) is 0 Å². The molecule has 4 aliphatic rings. The Morgan fingerprint density at radius 1 is 1.12 bits per heavy atom. The molecule has 0 aromatic carbocycles. The molecule has 0 unspecified atom stereocenters. The highest BCUT2D eigenvalue weighted by atomic mass is 16.9. The van der Waals surface area contributed by atoms with Crippen molar-refractivity contribution >= 4 is 0 Å². The van der Waals surface area contributed by atoms with E-state index >= 15 is 0 Å². The van der Waals surface area contributed by atoms with Gasteiger partial charge in [-0.3, -0.25) is 0 Å². The van der Waals surface area contributed by atoms with E-state index in [0.29, 0.717) is 5.54 Å². The summed E-state index contributed by atoms with van der Waals surface area (Å²) in [5.74, 6) is 3.06. The Hall–Kier alpha value is -0.880. The van der Waals surface area contributed by atoms with Crippen LogP contribution in [0.25, 0.3) is 0 Å². The smallest absolute Gasteiger partial charge is 0.291 e. The summed E-state index contributed by atoms with van der Waals surface area (Å²) < 4.78 is 0. The summed E-state index contributed by atoms with van der Waals surface area (Å²) in [6, 6.07) is 0. The largest absolute Gasteiger partial charge is 0.344 e. The second-order valence-corrected chi connectivity index (χ2v) is 5.52. The number of hydrogen-bond donors (Lipinski definition) is 3. The van der Waals surface area contributed by atoms with Gasteiger partial charge in [0.25, 0.3) is 5.09 Å². The van der Waals surface area contributed by atoms with Gasteiger partial charge in [-0.1, -0.05) is 0 Å². The van der Waals surface area contributed by atoms with Crippen LogP contribution < -0.4 is 11.9 Å². The molecule has 0 aromatic rings. The molecule has 4 fully saturated rings. The van der Waals surface area contributed by atoms with Crippen molar-refractivity contribution in [1.29, 1.82) is 0 Å². The highest BCUT2D eigenvalue weighted by Gasteiger charge is 2.48. The highest BCUT2D eigenvalue weighted by Crippen LogP contribution is 2.54. The number of nitrogens with zero attached hydrogens (tertiary/aromatic N) is 1. The van der Waals surface area contributed by atoms with E-state index in [1.165, 1.54) is 38.5 Å². The molecule has 4 bridgehead atoms. The molecule has 6 heteroatoms. The minimum absolute atomic E-state index is 0. The standard InChI is InChI=1S/C10H17N.HNO3.H3N/c11-10-4-7-1-8(5-10)3-9(2-7)6-10;2-1(3)4;/h7-9H,1-6,11H2;(H,2,3,4);1H3. The van der Waals surface area contributed by atoms with Gasteiger partial charge in [-0.15, -0.1) is 10.1 Å². The Morgan fingerprint density at radius 3 is 1.56 bits per heavy atom. The quantitative estimate of drug-likeness (QED) is 0.432. The van der Waals surface area contributed by atoms with Gasteiger partial charge in [0.2, 0.25) is 0 Å². The van der Waals surface area contributed by atoms with Gasteiger partial charge in [-0.2, -0.15) is 0 Å². The Labute approximate surface area is 94.9 Å². The number of nitrogens with two attached hydrogens (primary N) is 1. The Morgan fingerprint density at radius 2 is 1.38 bits per heavy atom. The first kappa shape index (κ1) is 13.2. The molecule has 0 heterocycles. The summed E-state index contributed by atoms with van der Waals surface area (Å²) in [6.07, 6.45) is 8.57. The molecule has 4 rings (SSSR count). The lowest BCUT2D eigenvalue weighted by atomic mass is 9.53. The van der Waals surface area contributed by atoms with Crippen LogP contribution in [-0.2, 0) is 0 Å². The molecule has 94 valence electrons. The fourth-order valence-electron chi connectivity index (χ4n) is 4.18. The Kier molecular flexibility index (Phi) is 3.75. The molecule has 4 aliphatic carbocycles. The van der Waals surface area contributed by atoms with Gasteiger partial charge in [-0.25, -0.2) is 0 Å². The Bertz CT molecular complexity index is 231. The van der Waals surface area contributed by atoms with Crippen LogP contribution in [0.2, 0.25) is 0 Å². The van der Waals surface area contributed by atoms with Crippen LogP contribution in [-0.4, -0.2) is 15.8 Å². The van der Waals surface area contributed by atoms with E-state index < -0.39 is 5.09 Å². The maximum absolute atomic E-state index is 8.36. The third-order valence-electron chi connectivity index (χ3n) is 4.09. The van der Waals surface area contributed by atoms with Gasteiger partial charge in [0, 0.05) is 5.54 Å². The lowest BCUT2D eigenvalue weighted by Crippen LogP contribution is -2.55. The maximum Gasteiger partial charge on any atom is 0.291 e. The molecule has 0 aromatic heterocycles. The summed E-state index contributed by atoms with van der Waals surface area (Å²) in [5, 5.41) is 13.6. The second-order valence-electron chi connectivity index (χ2n) is 5.52. The molecule has 6 N–H and O–H groups in total. The van der Waals surface area contributed by atoms with Gasteiger partial charge in [0.15, 0.2) is 0 Å². The van der Waals surface area contributed by atoms with Crippen LogP contribution >= 0.6 is 0 Å². The average Bonchev–Trinajstić information content (AvgIpc) is 1.96. The van der Waals surface area contributed by atoms with E-state index in [0.717, 1.165) is 17.8 Å². The van der Waals surface area contributed by atoms with Crippen molar-refractivity contribution < 1.29 is 10.3 Å². The lowest BCUT2D eigenvalue weighted by Gasteiger charge is -2.55. The van der Waals surface area contributed by atoms with Crippen molar-refractivity contribution in [2.45, 2.75) is 44.1 Å². The minimum atomic E-state index is -1.50. The van der Waals surface area contributed by atoms with Crippen molar-refractivity contribution in [3.8, 4) is 0 Å². The monoisotopic (exact) mass is 231 g/mol. The zero-order valence-electron chi connectivity index (χ0n) is 9.47. The maximum atomic E-state index is 8.36. The van der Waals surface area contributed by atoms with Gasteiger partial charge in [-0.05, 0) is 56.3 Å². The van der Waals surface area contributed by atoms with E-state index in [1.807, 2.05) is 0 Å². The van der Waals surface area contributed by atoms with Crippen molar-refractivity contribution in [3.05, 3.63) is 10.1 Å². The number of rotatable bonds is 0. The summed E-state index contributed by atoms with van der Waals surface area (Å²) in [4.78, 5) is 8.36. The first-order valence-corrected chi connectivity index (χ1v) is 5.59. The predicted octanol–water partition coefficient (Wildman–Crippen LogP) is 1.73. The van der Waals surface area contributed by atoms with Gasteiger partial charge < -0.3 is 17.1 Å². The van der Waals surface area contributed by atoms with Gasteiger partial charge >= 0.3 is 0 Å². The SMILES string of the molecule is N.NC12CC3CC(CC(C3)C1)C2.O=[N+]([O-])O. The lowest BCUT2D eigenvalue weighted by molar-refractivity contribution is -0.742. The van der Waals surface area contributed by atoms with Crippen LogP contribution in [0.15, 0.2) is 0 Å². The topological polar surface area (TPSA) is 124 Å². The molecule has 16 heavy (non-hydrogen) atoms. The fraction of sp³-hybridized carbons (Fsp3) is 1.00. The molecule has 0 amide bonds. The normalized spacial score (nSPS) is 42.9. The summed E-state index contributed by atoms with van der Waals surface area (Å²) in [5.41, 5.74) is 6.62. The van der Waals surface area contributed by atoms with E-state index in [4.69, 9.17) is 21.1 Å². The minimum Gasteiger partial charge on any atom is -0.344 e. The summed E-state index contributed by atoms with van der Waals surface area (Å²) in [6.45, 7) is 0. The van der Waals surface area contributed by atoms with E-state index in [-0.39, 0.29) is 6.15 Å². The Balaban J connectivity index is 0.000000228. The van der Waals surface area contributed by atoms with Crippen LogP contribution in [0.5, 0.6) is 0 Å². The molecule has 0 saturated heterocycles. The van der Waals surface area contributed by atoms with E-state index in [2.05, 4.69) is 0 Å². The molecular formula is C10H21N3O3. The first-order valence-electron chi connectivity index (χ1n) is 5.59. The van der Waals surface area contributed by atoms with Crippen molar-refractivity contribution in [2.75, 3.05) is 0 Å². The summed E-state index contributed by atoms with van der Waals surface area (Å²) in [7, 11) is 0. The number of hydrogen-bond acceptors (Lipinski definition) is 4. The molecule has 0 atom stereocenters. The average molecular weight is 231 g/mol. The van der Waals surface area contributed by atoms with Crippen molar-refractivity contribution in [3.63, 3.8) is 0 Å². The third-order valence-corrected chi connectivity index (χ3v) is 4.09. The first-order chi connectivity index (χ1) is 6.97. The predicted molar refractivity (Wildman–Crippen MR) is 58.9 cm³/mol. The van der Waals surface area contributed by atoms with Crippen molar-refractivity contribution in [2.24, 2.45) is 23.5 Å². The molecule has 0 radical (unpaired) electrons. The van der Waals surface area contributed by atoms with E-state index in [9.17, 15) is 0 Å².